The molecule has 0 amide bonds. The van der Waals surface area contributed by atoms with Crippen LogP contribution in [0.25, 0.3) is 0 Å². The molecule has 0 aromatic heterocycles. The van der Waals surface area contributed by atoms with Gasteiger partial charge >= 0.3 is 0 Å². The van der Waals surface area contributed by atoms with Crippen LogP contribution in [0.5, 0.6) is 0 Å². The highest BCUT2D eigenvalue weighted by Gasteiger charge is 2.03. The molecule has 10 heavy (non-hydrogen) atoms. The summed E-state index contributed by atoms with van der Waals surface area (Å²) in [4.78, 5) is 0. The molecule has 0 fully saturated rings. The molecule has 0 aliphatic heterocycles. The predicted octanol–water partition coefficient (Wildman–Crippen LogP) is 2.15. The molecule has 0 saturated carbocycles. The number of benzene rings is 1. The van der Waals surface area contributed by atoms with Crippen LogP contribution in [-0.4, -0.2) is 0 Å². The SMILES string of the molecule is N#Cc1c(Cl)[c]ccc1F. The first-order valence-electron chi connectivity index (χ1n) is 2.51. The highest BCUT2D eigenvalue weighted by molar-refractivity contribution is 6.31. The molecule has 1 rings (SSSR count). The smallest absolute Gasteiger partial charge is 0.142 e. The fourth-order valence-electron chi connectivity index (χ4n) is 0.551. The fraction of sp³-hybridized carbons (Fsp3) is 0. The van der Waals surface area contributed by atoms with Gasteiger partial charge in [0, 0.05) is 6.07 Å². The van der Waals surface area contributed by atoms with Gasteiger partial charge in [-0.05, 0) is 12.1 Å². The first-order valence-corrected chi connectivity index (χ1v) is 2.89. The molecule has 1 aromatic carbocycles. The molecule has 0 bridgehead atoms. The Morgan fingerprint density at radius 3 is 2.80 bits per heavy atom. The van der Waals surface area contributed by atoms with Gasteiger partial charge in [-0.1, -0.05) is 11.6 Å². The summed E-state index contributed by atoms with van der Waals surface area (Å²) in [5.41, 5.74) is -0.149. The highest BCUT2D eigenvalue weighted by Crippen LogP contribution is 2.16. The fourth-order valence-corrected chi connectivity index (χ4v) is 0.746. The lowest BCUT2D eigenvalue weighted by Crippen LogP contribution is -1.82. The van der Waals surface area contributed by atoms with Gasteiger partial charge in [0.05, 0.1) is 5.02 Å². The number of hydrogen-bond acceptors (Lipinski definition) is 1. The summed E-state index contributed by atoms with van der Waals surface area (Å²) in [6.07, 6.45) is 0. The molecular weight excluding hydrogens is 153 g/mol. The minimum atomic E-state index is -0.605. The number of halogens is 2. The van der Waals surface area contributed by atoms with Crippen molar-refractivity contribution in [2.45, 2.75) is 0 Å². The van der Waals surface area contributed by atoms with Crippen LogP contribution in [0.4, 0.5) is 4.39 Å². The molecule has 0 heterocycles. The second kappa shape index (κ2) is 2.68. The molecule has 0 spiro atoms. The lowest BCUT2D eigenvalue weighted by Gasteiger charge is -1.92. The maximum absolute atomic E-state index is 12.5. The van der Waals surface area contributed by atoms with E-state index in [0.717, 1.165) is 6.07 Å². The molecule has 3 heteroatoms. The second-order valence-electron chi connectivity index (χ2n) is 1.63. The zero-order valence-corrected chi connectivity index (χ0v) is 5.61. The average molecular weight is 155 g/mol. The van der Waals surface area contributed by atoms with Crippen molar-refractivity contribution in [2.24, 2.45) is 0 Å². The molecule has 1 aromatic rings. The number of rotatable bonds is 0. The van der Waals surface area contributed by atoms with Crippen molar-refractivity contribution in [3.05, 3.63) is 34.6 Å². The van der Waals surface area contributed by atoms with E-state index < -0.39 is 5.82 Å². The van der Waals surface area contributed by atoms with Crippen LogP contribution < -0.4 is 0 Å². The van der Waals surface area contributed by atoms with E-state index in [1.165, 1.54) is 6.07 Å². The minimum Gasteiger partial charge on any atom is -0.205 e. The molecular formula is C7H2ClFN. The van der Waals surface area contributed by atoms with Gasteiger partial charge in [0.2, 0.25) is 0 Å². The van der Waals surface area contributed by atoms with Crippen molar-refractivity contribution in [1.82, 2.24) is 0 Å². The monoisotopic (exact) mass is 154 g/mol. The Kier molecular flexibility index (Phi) is 1.88. The molecule has 0 saturated heterocycles. The Hall–Kier alpha value is -1.07. The molecule has 49 valence electrons. The molecule has 0 N–H and O–H groups in total. The number of nitrogens with zero attached hydrogens (tertiary/aromatic N) is 1. The zero-order valence-electron chi connectivity index (χ0n) is 4.86. The third-order valence-electron chi connectivity index (χ3n) is 1.01. The lowest BCUT2D eigenvalue weighted by atomic mass is 10.2. The van der Waals surface area contributed by atoms with Crippen LogP contribution >= 0.6 is 11.6 Å². The summed E-state index contributed by atoms with van der Waals surface area (Å²) in [5, 5.41) is 8.33. The van der Waals surface area contributed by atoms with E-state index >= 15 is 0 Å². The van der Waals surface area contributed by atoms with E-state index in [9.17, 15) is 4.39 Å². The third kappa shape index (κ3) is 1.09. The van der Waals surface area contributed by atoms with Crippen LogP contribution in [0.15, 0.2) is 12.1 Å². The third-order valence-corrected chi connectivity index (χ3v) is 1.31. The molecule has 0 atom stereocenters. The van der Waals surface area contributed by atoms with Gasteiger partial charge in [0.1, 0.15) is 17.4 Å². The Balaban J connectivity index is 3.34. The molecule has 0 aliphatic rings. The van der Waals surface area contributed by atoms with E-state index in [0.29, 0.717) is 0 Å². The van der Waals surface area contributed by atoms with Crippen LogP contribution in [0.1, 0.15) is 5.56 Å². The van der Waals surface area contributed by atoms with E-state index in [2.05, 4.69) is 6.07 Å². The minimum absolute atomic E-state index is 0.0301. The summed E-state index contributed by atoms with van der Waals surface area (Å²) in [6.45, 7) is 0. The summed E-state index contributed by atoms with van der Waals surface area (Å²) < 4.78 is 12.5. The maximum Gasteiger partial charge on any atom is 0.142 e. The van der Waals surface area contributed by atoms with Crippen molar-refractivity contribution >= 4 is 11.6 Å². The Bertz CT molecular complexity index is 270. The van der Waals surface area contributed by atoms with Crippen molar-refractivity contribution < 1.29 is 4.39 Å². The number of nitriles is 1. The summed E-state index contributed by atoms with van der Waals surface area (Å²) in [6, 6.07) is 6.60. The van der Waals surface area contributed by atoms with Crippen molar-refractivity contribution in [2.75, 3.05) is 0 Å². The summed E-state index contributed by atoms with van der Waals surface area (Å²) in [7, 11) is 0. The van der Waals surface area contributed by atoms with Gasteiger partial charge < -0.3 is 0 Å². The highest BCUT2D eigenvalue weighted by atomic mass is 35.5. The van der Waals surface area contributed by atoms with Crippen LogP contribution in [0.3, 0.4) is 0 Å². The van der Waals surface area contributed by atoms with Gasteiger partial charge in [0.15, 0.2) is 0 Å². The van der Waals surface area contributed by atoms with E-state index in [-0.39, 0.29) is 10.6 Å². The van der Waals surface area contributed by atoms with E-state index in [1.54, 1.807) is 6.07 Å². The van der Waals surface area contributed by atoms with Gasteiger partial charge in [-0.2, -0.15) is 5.26 Å². The van der Waals surface area contributed by atoms with Crippen LogP contribution in [-0.2, 0) is 0 Å². The molecule has 0 unspecified atom stereocenters. The summed E-state index contributed by atoms with van der Waals surface area (Å²) in [5.74, 6) is -0.605. The van der Waals surface area contributed by atoms with Crippen molar-refractivity contribution in [3.8, 4) is 6.07 Å². The molecule has 1 nitrogen and oxygen atoms in total. The lowest BCUT2D eigenvalue weighted by molar-refractivity contribution is 0.624. The van der Waals surface area contributed by atoms with Gasteiger partial charge in [-0.15, -0.1) is 0 Å². The Labute approximate surface area is 62.7 Å². The van der Waals surface area contributed by atoms with Crippen LogP contribution in [0.2, 0.25) is 5.02 Å². The first kappa shape index (κ1) is 7.04. The topological polar surface area (TPSA) is 23.8 Å². The largest absolute Gasteiger partial charge is 0.205 e. The predicted molar refractivity (Wildman–Crippen MR) is 35.0 cm³/mol. The van der Waals surface area contributed by atoms with Crippen LogP contribution in [0, 0.1) is 23.2 Å². The summed E-state index contributed by atoms with van der Waals surface area (Å²) >= 11 is 5.41. The quantitative estimate of drug-likeness (QED) is 0.562. The zero-order chi connectivity index (χ0) is 7.56. The first-order chi connectivity index (χ1) is 4.75. The van der Waals surface area contributed by atoms with Crippen molar-refractivity contribution in [3.63, 3.8) is 0 Å². The standard InChI is InChI=1S/C7H2ClFN/c8-6-2-1-3-7(9)5(6)4-10/h1,3H. The normalized spacial score (nSPS) is 8.90. The van der Waals surface area contributed by atoms with Crippen molar-refractivity contribution in [1.29, 1.82) is 5.26 Å². The second-order valence-corrected chi connectivity index (χ2v) is 2.00. The average Bonchev–Trinajstić information content (AvgIpc) is 1.88. The van der Waals surface area contributed by atoms with E-state index in [4.69, 9.17) is 16.9 Å². The maximum atomic E-state index is 12.5. The molecule has 1 radical (unpaired) electrons. The number of hydrogen-bond donors (Lipinski definition) is 0. The molecule has 0 aliphatic carbocycles. The Morgan fingerprint density at radius 2 is 2.40 bits per heavy atom. The van der Waals surface area contributed by atoms with Gasteiger partial charge in [0.25, 0.3) is 0 Å². The van der Waals surface area contributed by atoms with E-state index in [1.807, 2.05) is 0 Å². The van der Waals surface area contributed by atoms with Gasteiger partial charge in [-0.3, -0.25) is 0 Å². The van der Waals surface area contributed by atoms with Gasteiger partial charge in [-0.25, -0.2) is 4.39 Å². The Morgan fingerprint density at radius 1 is 1.70 bits per heavy atom.